The number of nitrogens with zero attached hydrogens (tertiary/aromatic N) is 1. The summed E-state index contributed by atoms with van der Waals surface area (Å²) in [5.74, 6) is 0. The third-order valence-corrected chi connectivity index (χ3v) is 2.29. The maximum Gasteiger partial charge on any atom is 0.115 e. The second-order valence-corrected chi connectivity index (χ2v) is 3.26. The first-order valence-corrected chi connectivity index (χ1v) is 4.58. The molecule has 2 rings (SSSR count). The fraction of sp³-hybridized carbons (Fsp3) is 0.0769. The van der Waals surface area contributed by atoms with Gasteiger partial charge in [0.1, 0.15) is 5.69 Å². The molecule has 0 bridgehead atoms. The average molecular weight is 374 g/mol. The summed E-state index contributed by atoms with van der Waals surface area (Å²) in [6.45, 7) is 2.04. The molecule has 1 aromatic heterocycles. The molecule has 0 N–H and O–H groups in total. The Morgan fingerprint density at radius 3 is 2.60 bits per heavy atom. The van der Waals surface area contributed by atoms with Crippen molar-refractivity contribution in [1.82, 2.24) is 0 Å². The van der Waals surface area contributed by atoms with Gasteiger partial charge in [0.15, 0.2) is 0 Å². The predicted molar refractivity (Wildman–Crippen MR) is 56.4 cm³/mol. The number of benzene rings is 1. The summed E-state index contributed by atoms with van der Waals surface area (Å²) in [4.78, 5) is 0. The van der Waals surface area contributed by atoms with Gasteiger partial charge >= 0.3 is 0 Å². The Bertz CT molecular complexity index is 438. The molecule has 0 aliphatic rings. The molecule has 0 fully saturated rings. The van der Waals surface area contributed by atoms with Crippen LogP contribution in [0, 0.1) is 20.0 Å². The maximum atomic E-state index is 3.99. The van der Waals surface area contributed by atoms with Crippen LogP contribution < -0.4 is 4.57 Å². The van der Waals surface area contributed by atoms with E-state index in [1.165, 1.54) is 0 Å². The Balaban J connectivity index is 0.00000112. The maximum absolute atomic E-state index is 3.99. The van der Waals surface area contributed by atoms with E-state index in [1.807, 2.05) is 54.0 Å². The molecule has 0 unspecified atom stereocenters. The Kier molecular flexibility index (Phi) is 4.07. The topological polar surface area (TPSA) is 3.88 Å². The second kappa shape index (κ2) is 5.11. The van der Waals surface area contributed by atoms with Crippen LogP contribution in [-0.4, -0.2) is 0 Å². The number of aromatic nitrogens is 1. The van der Waals surface area contributed by atoms with Crippen LogP contribution in [0.2, 0.25) is 0 Å². The number of rotatable bonds is 1. The first-order chi connectivity index (χ1) is 6.79. The first-order valence-electron chi connectivity index (χ1n) is 4.58. The quantitative estimate of drug-likeness (QED) is 0.533. The monoisotopic (exact) mass is 375 g/mol. The van der Waals surface area contributed by atoms with E-state index in [0.29, 0.717) is 0 Å². The average Bonchev–Trinajstić information content (AvgIpc) is 2.23. The number of hydrogen-bond donors (Lipinski definition) is 0. The van der Waals surface area contributed by atoms with E-state index in [9.17, 15) is 0 Å². The zero-order chi connectivity index (χ0) is 9.97. The van der Waals surface area contributed by atoms with Crippen molar-refractivity contribution in [3.8, 4) is 11.3 Å². The Labute approximate surface area is 104 Å². The number of hydrogen-bond acceptors (Lipinski definition) is 0. The van der Waals surface area contributed by atoms with Gasteiger partial charge in [-0.1, -0.05) is 17.7 Å². The molecule has 0 spiro atoms. The van der Waals surface area contributed by atoms with Gasteiger partial charge in [-0.25, -0.2) is 0 Å². The smallest absolute Gasteiger partial charge is 0.115 e. The molecule has 0 aliphatic heterocycles. The normalized spacial score (nSPS) is 9.40. The zero-order valence-electron chi connectivity index (χ0n) is 8.53. The van der Waals surface area contributed by atoms with Crippen molar-refractivity contribution < 1.29 is 24.7 Å². The zero-order valence-corrected chi connectivity index (χ0v) is 10.9. The van der Waals surface area contributed by atoms with Gasteiger partial charge in [-0.05, 0) is 13.0 Å². The van der Waals surface area contributed by atoms with Gasteiger partial charge in [0.25, 0.3) is 0 Å². The van der Waals surface area contributed by atoms with E-state index in [0.717, 1.165) is 17.0 Å². The van der Waals surface area contributed by atoms with Crippen molar-refractivity contribution in [1.29, 1.82) is 0 Å². The Hall–Kier alpha value is -1.11. The molecule has 0 saturated heterocycles. The van der Waals surface area contributed by atoms with Crippen LogP contribution in [0.1, 0.15) is 5.69 Å². The third kappa shape index (κ3) is 2.47. The molecule has 0 atom stereocenters. The van der Waals surface area contributed by atoms with Gasteiger partial charge in [-0.3, -0.25) is 0 Å². The molecule has 2 aromatic rings. The minimum atomic E-state index is 0. The molecule has 0 aliphatic carbocycles. The summed E-state index contributed by atoms with van der Waals surface area (Å²) in [6.07, 6.45) is 0. The van der Waals surface area contributed by atoms with Gasteiger partial charge in [0.2, 0.25) is 0 Å². The molecule has 2 heteroatoms. The van der Waals surface area contributed by atoms with Crippen molar-refractivity contribution in [2.75, 3.05) is 0 Å². The van der Waals surface area contributed by atoms with Gasteiger partial charge in [-0.15, -0.1) is 30.3 Å². The number of pyridine rings is 1. The van der Waals surface area contributed by atoms with Gasteiger partial charge in [0.05, 0.1) is 5.69 Å². The summed E-state index contributed by atoms with van der Waals surface area (Å²) in [7, 11) is 3.99. The Morgan fingerprint density at radius 2 is 1.93 bits per heavy atom. The van der Waals surface area contributed by atoms with Gasteiger partial charge in [-0.2, -0.15) is 0 Å². The molecule has 1 radical (unpaired) electrons. The van der Waals surface area contributed by atoms with E-state index in [4.69, 9.17) is 0 Å². The van der Waals surface area contributed by atoms with Crippen LogP contribution in [0.25, 0.3) is 11.3 Å². The summed E-state index contributed by atoms with van der Waals surface area (Å²) < 4.78 is 1.92. The Morgan fingerprint density at radius 1 is 1.13 bits per heavy atom. The minimum Gasteiger partial charge on any atom is -0.318 e. The van der Waals surface area contributed by atoms with Crippen molar-refractivity contribution >= 4 is 0 Å². The largest absolute Gasteiger partial charge is 0.318 e. The SMILES string of the molecule is [CH2-][n+]1c(C)cccc1-c1[c-]cccc1.[Ir]. The standard InChI is InChI=1S/C13H12N.Ir/c1-11-7-6-10-13(14(11)2)12-8-4-3-5-9-12;/h3-8,10H,2H2,1H3;/q-1;. The van der Waals surface area contributed by atoms with E-state index in [1.54, 1.807) is 0 Å². The molecule has 1 aromatic carbocycles. The number of aryl methyl sites for hydroxylation is 1. The van der Waals surface area contributed by atoms with Crippen molar-refractivity contribution in [2.24, 2.45) is 0 Å². The summed E-state index contributed by atoms with van der Waals surface area (Å²) in [6, 6.07) is 17.2. The fourth-order valence-corrected chi connectivity index (χ4v) is 1.44. The van der Waals surface area contributed by atoms with Crippen molar-refractivity contribution in [3.63, 3.8) is 0 Å². The minimum absolute atomic E-state index is 0. The van der Waals surface area contributed by atoms with Crippen LogP contribution in [0.4, 0.5) is 0 Å². The molecule has 15 heavy (non-hydrogen) atoms. The fourth-order valence-electron chi connectivity index (χ4n) is 1.44. The summed E-state index contributed by atoms with van der Waals surface area (Å²) in [5.41, 5.74) is 3.30. The van der Waals surface area contributed by atoms with Crippen LogP contribution in [0.15, 0.2) is 42.5 Å². The second-order valence-electron chi connectivity index (χ2n) is 3.26. The van der Waals surface area contributed by atoms with E-state index < -0.39 is 0 Å². The molecule has 0 saturated carbocycles. The third-order valence-electron chi connectivity index (χ3n) is 2.29. The van der Waals surface area contributed by atoms with Crippen molar-refractivity contribution in [2.45, 2.75) is 6.92 Å². The first kappa shape index (κ1) is 12.0. The van der Waals surface area contributed by atoms with Crippen LogP contribution >= 0.6 is 0 Å². The van der Waals surface area contributed by atoms with Crippen LogP contribution in [0.3, 0.4) is 0 Å². The molecule has 0 amide bonds. The van der Waals surface area contributed by atoms with Crippen LogP contribution in [-0.2, 0) is 20.1 Å². The van der Waals surface area contributed by atoms with Crippen molar-refractivity contribution in [3.05, 3.63) is 61.3 Å². The molecular weight excluding hydrogens is 362 g/mol. The molecule has 79 valence electrons. The van der Waals surface area contributed by atoms with E-state index in [2.05, 4.69) is 13.1 Å². The van der Waals surface area contributed by atoms with E-state index in [-0.39, 0.29) is 20.1 Å². The molecule has 1 heterocycles. The summed E-state index contributed by atoms with van der Waals surface area (Å²) in [5, 5.41) is 0. The summed E-state index contributed by atoms with van der Waals surface area (Å²) >= 11 is 0. The van der Waals surface area contributed by atoms with Gasteiger partial charge < -0.3 is 4.57 Å². The van der Waals surface area contributed by atoms with Crippen LogP contribution in [0.5, 0.6) is 0 Å². The molecule has 1 nitrogen and oxygen atoms in total. The molecular formula is C13H12IrN-. The predicted octanol–water partition coefficient (Wildman–Crippen LogP) is 2.39. The van der Waals surface area contributed by atoms with E-state index >= 15 is 0 Å². The van der Waals surface area contributed by atoms with Gasteiger partial charge in [0, 0.05) is 27.2 Å².